The maximum Gasteiger partial charge on any atom is 0.261 e. The van der Waals surface area contributed by atoms with E-state index < -0.39 is 0 Å². The summed E-state index contributed by atoms with van der Waals surface area (Å²) in [5, 5.41) is 0. The van der Waals surface area contributed by atoms with Gasteiger partial charge in [-0.15, -0.1) is 0 Å². The van der Waals surface area contributed by atoms with Crippen molar-refractivity contribution < 1.29 is 4.74 Å². The Labute approximate surface area is 232 Å². The lowest BCUT2D eigenvalue weighted by atomic mass is 9.32. The molecule has 4 heterocycles. The SMILES string of the molecule is c1ccc(-c2cc3c4c(c2)N(c2ccccc2)c2cccc5c2B4c2c(cccc2N5c2cccnc2)O3)cc1. The van der Waals surface area contributed by atoms with E-state index in [1.807, 2.05) is 18.5 Å². The first kappa shape index (κ1) is 21.6. The predicted molar refractivity (Wildman–Crippen MR) is 164 cm³/mol. The van der Waals surface area contributed by atoms with Gasteiger partial charge in [0.15, 0.2) is 0 Å². The molecule has 0 saturated carbocycles. The molecule has 3 aliphatic heterocycles. The number of nitrogens with zero attached hydrogens (tertiary/aromatic N) is 3. The van der Waals surface area contributed by atoms with Gasteiger partial charge >= 0.3 is 0 Å². The largest absolute Gasteiger partial charge is 0.458 e. The minimum absolute atomic E-state index is 0.0638. The van der Waals surface area contributed by atoms with Crippen LogP contribution in [0.25, 0.3) is 11.1 Å². The van der Waals surface area contributed by atoms with Crippen LogP contribution in [0.2, 0.25) is 0 Å². The van der Waals surface area contributed by atoms with Crippen molar-refractivity contribution in [3.8, 4) is 22.6 Å². The predicted octanol–water partition coefficient (Wildman–Crippen LogP) is 6.94. The van der Waals surface area contributed by atoms with Gasteiger partial charge in [0.25, 0.3) is 6.71 Å². The summed E-state index contributed by atoms with van der Waals surface area (Å²) in [6.45, 7) is 0.0638. The second-order valence-corrected chi connectivity index (χ2v) is 10.4. The number of pyridine rings is 1. The summed E-state index contributed by atoms with van der Waals surface area (Å²) in [6, 6.07) is 43.0. The van der Waals surface area contributed by atoms with E-state index in [0.29, 0.717) is 0 Å². The van der Waals surface area contributed by atoms with Crippen molar-refractivity contribution in [2.75, 3.05) is 9.80 Å². The van der Waals surface area contributed by atoms with Gasteiger partial charge in [0.1, 0.15) is 11.5 Å². The molecule has 0 saturated heterocycles. The Kier molecular flexibility index (Phi) is 4.38. The number of hydrogen-bond acceptors (Lipinski definition) is 4. The fraction of sp³-hybridized carbons (Fsp3) is 0. The fourth-order valence-corrected chi connectivity index (χ4v) is 6.73. The Morgan fingerprint density at radius 2 is 1.15 bits per heavy atom. The third-order valence-electron chi connectivity index (χ3n) is 8.30. The molecule has 0 aliphatic carbocycles. The zero-order chi connectivity index (χ0) is 26.2. The Morgan fingerprint density at radius 1 is 0.500 bits per heavy atom. The third kappa shape index (κ3) is 2.89. The zero-order valence-electron chi connectivity index (χ0n) is 21.5. The molecule has 9 rings (SSSR count). The molecule has 0 N–H and O–H groups in total. The topological polar surface area (TPSA) is 28.6 Å². The Balaban J connectivity index is 1.40. The van der Waals surface area contributed by atoms with Crippen LogP contribution in [0.15, 0.2) is 134 Å². The highest BCUT2D eigenvalue weighted by molar-refractivity contribution is 7.01. The molecule has 186 valence electrons. The standard InChI is InChI=1S/C35H22BN3O/c1-3-10-23(11-4-1)24-20-30-35-32(21-24)40-31-18-8-17-29-34(31)36(35)33-27(38(30)25-12-5-2-6-13-25)15-7-16-28(33)39(29)26-14-9-19-37-22-26/h1-22H. The Morgan fingerprint density at radius 3 is 1.90 bits per heavy atom. The minimum Gasteiger partial charge on any atom is -0.458 e. The average molecular weight is 511 g/mol. The van der Waals surface area contributed by atoms with E-state index in [1.54, 1.807) is 0 Å². The van der Waals surface area contributed by atoms with Crippen molar-refractivity contribution in [1.82, 2.24) is 4.98 Å². The van der Waals surface area contributed by atoms with Gasteiger partial charge in [0.05, 0.1) is 11.9 Å². The number of hydrogen-bond donors (Lipinski definition) is 0. The number of anilines is 6. The van der Waals surface area contributed by atoms with E-state index in [1.165, 1.54) is 33.3 Å². The number of aromatic nitrogens is 1. The zero-order valence-corrected chi connectivity index (χ0v) is 21.5. The molecule has 6 aromatic rings. The molecule has 5 heteroatoms. The van der Waals surface area contributed by atoms with Gasteiger partial charge in [-0.2, -0.15) is 0 Å². The van der Waals surface area contributed by atoms with Crippen molar-refractivity contribution in [1.29, 1.82) is 0 Å². The van der Waals surface area contributed by atoms with E-state index in [9.17, 15) is 0 Å². The molecule has 4 nitrogen and oxygen atoms in total. The van der Waals surface area contributed by atoms with Gasteiger partial charge in [-0.05, 0) is 88.2 Å². The first-order valence-electron chi connectivity index (χ1n) is 13.6. The molecular formula is C35H22BN3O. The van der Waals surface area contributed by atoms with Crippen LogP contribution in [-0.2, 0) is 0 Å². The van der Waals surface area contributed by atoms with Crippen molar-refractivity contribution in [2.45, 2.75) is 0 Å². The van der Waals surface area contributed by atoms with Crippen LogP contribution in [0.1, 0.15) is 0 Å². The molecule has 0 unspecified atom stereocenters. The van der Waals surface area contributed by atoms with E-state index in [-0.39, 0.29) is 6.71 Å². The van der Waals surface area contributed by atoms with Gasteiger partial charge < -0.3 is 14.5 Å². The summed E-state index contributed by atoms with van der Waals surface area (Å²) in [4.78, 5) is 9.21. The maximum atomic E-state index is 6.81. The lowest BCUT2D eigenvalue weighted by molar-refractivity contribution is 0.488. The third-order valence-corrected chi connectivity index (χ3v) is 8.30. The molecule has 40 heavy (non-hydrogen) atoms. The van der Waals surface area contributed by atoms with Crippen molar-refractivity contribution in [3.05, 3.63) is 134 Å². The maximum absolute atomic E-state index is 6.81. The number of rotatable bonds is 3. The molecule has 0 fully saturated rings. The van der Waals surface area contributed by atoms with Crippen molar-refractivity contribution >= 4 is 57.2 Å². The highest BCUT2D eigenvalue weighted by atomic mass is 16.5. The van der Waals surface area contributed by atoms with E-state index in [0.717, 1.165) is 39.8 Å². The number of ether oxygens (including phenoxy) is 1. The highest BCUT2D eigenvalue weighted by Gasteiger charge is 2.48. The summed E-state index contributed by atoms with van der Waals surface area (Å²) in [5.41, 5.74) is 12.8. The van der Waals surface area contributed by atoms with Crippen LogP contribution in [0, 0.1) is 0 Å². The average Bonchev–Trinajstić information content (AvgIpc) is 3.02. The van der Waals surface area contributed by atoms with Crippen LogP contribution in [0.3, 0.4) is 0 Å². The van der Waals surface area contributed by atoms with Crippen LogP contribution in [0.5, 0.6) is 11.5 Å². The summed E-state index contributed by atoms with van der Waals surface area (Å²) in [5.74, 6) is 1.83. The Bertz CT molecular complexity index is 1940. The Hall–Kier alpha value is -5.29. The van der Waals surface area contributed by atoms with Gasteiger partial charge in [0, 0.05) is 34.6 Å². The molecule has 1 aromatic heterocycles. The first-order valence-corrected chi connectivity index (χ1v) is 13.6. The minimum atomic E-state index is 0.0638. The van der Waals surface area contributed by atoms with Crippen LogP contribution < -0.4 is 30.9 Å². The summed E-state index contributed by atoms with van der Waals surface area (Å²) < 4.78 is 6.81. The summed E-state index contributed by atoms with van der Waals surface area (Å²) in [6.07, 6.45) is 3.76. The highest BCUT2D eigenvalue weighted by Crippen LogP contribution is 2.48. The van der Waals surface area contributed by atoms with Crippen LogP contribution in [-0.4, -0.2) is 11.7 Å². The summed E-state index contributed by atoms with van der Waals surface area (Å²) in [7, 11) is 0. The molecule has 0 atom stereocenters. The van der Waals surface area contributed by atoms with Gasteiger partial charge in [-0.1, -0.05) is 60.7 Å². The monoisotopic (exact) mass is 511 g/mol. The van der Waals surface area contributed by atoms with Crippen molar-refractivity contribution in [2.24, 2.45) is 0 Å². The lowest BCUT2D eigenvalue weighted by Crippen LogP contribution is -2.63. The van der Waals surface area contributed by atoms with Crippen molar-refractivity contribution in [3.63, 3.8) is 0 Å². The lowest BCUT2D eigenvalue weighted by Gasteiger charge is -2.46. The molecule has 0 bridgehead atoms. The first-order chi connectivity index (χ1) is 19.9. The molecule has 0 radical (unpaired) electrons. The number of benzene rings is 5. The fourth-order valence-electron chi connectivity index (χ4n) is 6.73. The quantitative estimate of drug-likeness (QED) is 0.241. The molecular weight excluding hydrogens is 489 g/mol. The molecule has 5 aromatic carbocycles. The smallest absolute Gasteiger partial charge is 0.261 e. The van der Waals surface area contributed by atoms with Gasteiger partial charge in [-0.3, -0.25) is 4.98 Å². The number of para-hydroxylation sites is 1. The van der Waals surface area contributed by atoms with E-state index in [2.05, 4.69) is 130 Å². The van der Waals surface area contributed by atoms with Gasteiger partial charge in [-0.25, -0.2) is 0 Å². The van der Waals surface area contributed by atoms with Crippen LogP contribution in [0.4, 0.5) is 34.1 Å². The van der Waals surface area contributed by atoms with E-state index in [4.69, 9.17) is 4.74 Å². The summed E-state index contributed by atoms with van der Waals surface area (Å²) >= 11 is 0. The molecule has 0 amide bonds. The van der Waals surface area contributed by atoms with Crippen LogP contribution >= 0.6 is 0 Å². The second-order valence-electron chi connectivity index (χ2n) is 10.4. The van der Waals surface area contributed by atoms with E-state index >= 15 is 0 Å². The van der Waals surface area contributed by atoms with Gasteiger partial charge in [0.2, 0.25) is 0 Å². The molecule has 0 spiro atoms. The molecule has 3 aliphatic rings. The normalized spacial score (nSPS) is 13.6. The second kappa shape index (κ2) is 8.11.